The van der Waals surface area contributed by atoms with Crippen LogP contribution in [0.15, 0.2) is 18.2 Å². The first-order chi connectivity index (χ1) is 9.86. The van der Waals surface area contributed by atoms with Crippen molar-refractivity contribution in [3.8, 4) is 0 Å². The molecule has 3 N–H and O–H groups in total. The Balaban J connectivity index is 2.79. The number of hydrogen-bond donors (Lipinski definition) is 2. The normalized spacial score (nSPS) is 11.8. The molecule has 21 heavy (non-hydrogen) atoms. The first-order valence-corrected chi connectivity index (χ1v) is 6.42. The molecule has 0 unspecified atom stereocenters. The number of hydrogen-bond acceptors (Lipinski definition) is 3. The number of primary amides is 1. The van der Waals surface area contributed by atoms with Crippen molar-refractivity contribution in [1.82, 2.24) is 5.32 Å². The zero-order valence-corrected chi connectivity index (χ0v) is 11.5. The molecular weight excluding hydrogens is 282 g/mol. The lowest BCUT2D eigenvalue weighted by atomic mass is 10.1. The minimum atomic E-state index is -1.30. The van der Waals surface area contributed by atoms with Crippen molar-refractivity contribution in [3.05, 3.63) is 35.4 Å². The molecule has 0 saturated heterocycles. The Morgan fingerprint density at radius 1 is 1.29 bits per heavy atom. The quantitative estimate of drug-likeness (QED) is 0.795. The van der Waals surface area contributed by atoms with E-state index in [1.54, 1.807) is 6.92 Å². The molecule has 0 fully saturated rings. The molecule has 114 valence electrons. The summed E-state index contributed by atoms with van der Waals surface area (Å²) < 4.78 is 26.5. The standard InChI is InChI=1S/C14H16F2N2O3/c1-2-8(19)6-7-11(13(17)20)18-14(21)9-4-3-5-10(15)12(9)16/h3-5,11H,2,6-7H2,1H3,(H2,17,20)(H,18,21)/t11-/m1/s1. The lowest BCUT2D eigenvalue weighted by Gasteiger charge is -2.15. The molecule has 0 aliphatic carbocycles. The van der Waals surface area contributed by atoms with Gasteiger partial charge in [0, 0.05) is 12.8 Å². The van der Waals surface area contributed by atoms with Gasteiger partial charge in [-0.3, -0.25) is 14.4 Å². The molecule has 0 saturated carbocycles. The van der Waals surface area contributed by atoms with E-state index < -0.39 is 35.1 Å². The SMILES string of the molecule is CCC(=O)CC[C@@H](NC(=O)c1cccc(F)c1F)C(N)=O. The molecule has 0 heterocycles. The third-order valence-corrected chi connectivity index (χ3v) is 2.95. The molecule has 7 heteroatoms. The van der Waals surface area contributed by atoms with Crippen LogP contribution in [0.5, 0.6) is 0 Å². The molecule has 0 aliphatic rings. The zero-order chi connectivity index (χ0) is 16.0. The predicted octanol–water partition coefficient (Wildman–Crippen LogP) is 1.31. The highest BCUT2D eigenvalue weighted by atomic mass is 19.2. The van der Waals surface area contributed by atoms with Crippen LogP contribution in [0.4, 0.5) is 8.78 Å². The van der Waals surface area contributed by atoms with Crippen molar-refractivity contribution < 1.29 is 23.2 Å². The average molecular weight is 298 g/mol. The van der Waals surface area contributed by atoms with Gasteiger partial charge < -0.3 is 11.1 Å². The molecule has 1 aromatic rings. The fraction of sp³-hybridized carbons (Fsp3) is 0.357. The second kappa shape index (κ2) is 7.47. The minimum Gasteiger partial charge on any atom is -0.368 e. The molecule has 0 aromatic heterocycles. The lowest BCUT2D eigenvalue weighted by molar-refractivity contribution is -0.121. The van der Waals surface area contributed by atoms with Crippen molar-refractivity contribution in [1.29, 1.82) is 0 Å². The number of amides is 2. The Labute approximate surface area is 120 Å². The van der Waals surface area contributed by atoms with Crippen molar-refractivity contribution in [2.45, 2.75) is 32.2 Å². The monoisotopic (exact) mass is 298 g/mol. The van der Waals surface area contributed by atoms with Gasteiger partial charge in [0.2, 0.25) is 5.91 Å². The van der Waals surface area contributed by atoms with Gasteiger partial charge in [-0.1, -0.05) is 13.0 Å². The van der Waals surface area contributed by atoms with Gasteiger partial charge in [-0.25, -0.2) is 8.78 Å². The van der Waals surface area contributed by atoms with Crippen molar-refractivity contribution in [2.24, 2.45) is 5.73 Å². The largest absolute Gasteiger partial charge is 0.368 e. The molecule has 5 nitrogen and oxygen atoms in total. The van der Waals surface area contributed by atoms with Crippen LogP contribution in [0, 0.1) is 11.6 Å². The van der Waals surface area contributed by atoms with Crippen LogP contribution in [0.1, 0.15) is 36.5 Å². The van der Waals surface area contributed by atoms with Crippen LogP contribution < -0.4 is 11.1 Å². The van der Waals surface area contributed by atoms with Gasteiger partial charge in [0.1, 0.15) is 11.8 Å². The van der Waals surface area contributed by atoms with Crippen molar-refractivity contribution in [3.63, 3.8) is 0 Å². The summed E-state index contributed by atoms with van der Waals surface area (Å²) >= 11 is 0. The van der Waals surface area contributed by atoms with E-state index in [4.69, 9.17) is 5.73 Å². The molecule has 1 aromatic carbocycles. The molecule has 2 amide bonds. The molecule has 1 atom stereocenters. The summed E-state index contributed by atoms with van der Waals surface area (Å²) in [6.07, 6.45) is 0.388. The summed E-state index contributed by atoms with van der Waals surface area (Å²) in [5.41, 5.74) is 4.60. The van der Waals surface area contributed by atoms with E-state index in [0.717, 1.165) is 12.1 Å². The molecular formula is C14H16F2N2O3. The summed E-state index contributed by atoms with van der Waals surface area (Å²) in [5, 5.41) is 2.21. The number of carbonyl (C=O) groups excluding carboxylic acids is 3. The topological polar surface area (TPSA) is 89.3 Å². The Morgan fingerprint density at radius 3 is 2.52 bits per heavy atom. The van der Waals surface area contributed by atoms with Crippen molar-refractivity contribution >= 4 is 17.6 Å². The van der Waals surface area contributed by atoms with E-state index in [1.165, 1.54) is 6.07 Å². The Morgan fingerprint density at radius 2 is 1.95 bits per heavy atom. The Hall–Kier alpha value is -2.31. The van der Waals surface area contributed by atoms with E-state index in [1.807, 2.05) is 0 Å². The second-order valence-electron chi connectivity index (χ2n) is 4.46. The maximum atomic E-state index is 13.5. The van der Waals surface area contributed by atoms with Crippen LogP contribution in [-0.2, 0) is 9.59 Å². The molecule has 0 spiro atoms. The third kappa shape index (κ3) is 4.62. The zero-order valence-electron chi connectivity index (χ0n) is 11.5. The summed E-state index contributed by atoms with van der Waals surface area (Å²) in [6.45, 7) is 1.67. The van der Waals surface area contributed by atoms with Crippen molar-refractivity contribution in [2.75, 3.05) is 0 Å². The smallest absolute Gasteiger partial charge is 0.255 e. The number of nitrogens with two attached hydrogens (primary N) is 1. The van der Waals surface area contributed by atoms with Crippen LogP contribution >= 0.6 is 0 Å². The highest BCUT2D eigenvalue weighted by molar-refractivity contribution is 5.97. The third-order valence-electron chi connectivity index (χ3n) is 2.95. The summed E-state index contributed by atoms with van der Waals surface area (Å²) in [7, 11) is 0. The van der Waals surface area contributed by atoms with Crippen LogP contribution in [0.2, 0.25) is 0 Å². The van der Waals surface area contributed by atoms with Gasteiger partial charge in [0.05, 0.1) is 5.56 Å². The average Bonchev–Trinajstić information content (AvgIpc) is 2.45. The van der Waals surface area contributed by atoms with Gasteiger partial charge in [0.15, 0.2) is 11.6 Å². The van der Waals surface area contributed by atoms with E-state index in [-0.39, 0.29) is 18.6 Å². The molecule has 1 rings (SSSR count). The highest BCUT2D eigenvalue weighted by Gasteiger charge is 2.22. The molecule has 0 radical (unpaired) electrons. The number of ketones is 1. The van der Waals surface area contributed by atoms with Crippen LogP contribution in [0.25, 0.3) is 0 Å². The minimum absolute atomic E-state index is 0.0185. The lowest BCUT2D eigenvalue weighted by Crippen LogP contribution is -2.45. The van der Waals surface area contributed by atoms with Gasteiger partial charge in [-0.05, 0) is 18.6 Å². The fourth-order valence-electron chi connectivity index (χ4n) is 1.68. The van der Waals surface area contributed by atoms with E-state index in [9.17, 15) is 23.2 Å². The maximum absolute atomic E-state index is 13.5. The van der Waals surface area contributed by atoms with Gasteiger partial charge in [-0.15, -0.1) is 0 Å². The van der Waals surface area contributed by atoms with Crippen LogP contribution in [0.3, 0.4) is 0 Å². The predicted molar refractivity (Wildman–Crippen MR) is 71.3 cm³/mol. The highest BCUT2D eigenvalue weighted by Crippen LogP contribution is 2.12. The molecule has 0 bridgehead atoms. The fourth-order valence-corrected chi connectivity index (χ4v) is 1.68. The Bertz CT molecular complexity index is 561. The van der Waals surface area contributed by atoms with Gasteiger partial charge in [-0.2, -0.15) is 0 Å². The number of carbonyl (C=O) groups is 3. The first kappa shape index (κ1) is 16.7. The van der Waals surface area contributed by atoms with E-state index in [2.05, 4.69) is 5.32 Å². The van der Waals surface area contributed by atoms with Gasteiger partial charge in [0.25, 0.3) is 5.91 Å². The summed E-state index contributed by atoms with van der Waals surface area (Å²) in [6, 6.07) is 2.02. The second-order valence-corrected chi connectivity index (χ2v) is 4.46. The number of benzene rings is 1. The van der Waals surface area contributed by atoms with E-state index in [0.29, 0.717) is 6.42 Å². The maximum Gasteiger partial charge on any atom is 0.255 e. The number of nitrogens with one attached hydrogen (secondary N) is 1. The first-order valence-electron chi connectivity index (χ1n) is 6.42. The van der Waals surface area contributed by atoms with E-state index >= 15 is 0 Å². The number of rotatable bonds is 7. The Kier molecular flexibility index (Phi) is 5.95. The number of halogens is 2. The summed E-state index contributed by atoms with van der Waals surface area (Å²) in [4.78, 5) is 34.3. The van der Waals surface area contributed by atoms with Gasteiger partial charge >= 0.3 is 0 Å². The molecule has 0 aliphatic heterocycles. The number of Topliss-reactive ketones (excluding diaryl/α,β-unsaturated/α-hetero) is 1. The van der Waals surface area contributed by atoms with Crippen LogP contribution in [-0.4, -0.2) is 23.6 Å². The summed E-state index contributed by atoms with van der Waals surface area (Å²) in [5.74, 6) is -4.36.